The van der Waals surface area contributed by atoms with Gasteiger partial charge in [0.2, 0.25) is 5.91 Å². The Morgan fingerprint density at radius 1 is 0.971 bits per heavy atom. The number of carboxylic acid groups (broad SMARTS) is 2. The van der Waals surface area contributed by atoms with E-state index >= 15 is 4.79 Å². The number of fused-ring (bicyclic) bond motifs is 6. The first-order chi connectivity index (χ1) is 33.4. The molecule has 1 saturated heterocycles. The monoisotopic (exact) mass is 967 g/mol. The molecule has 3 fully saturated rings. The zero-order valence-electron chi connectivity index (χ0n) is 40.6. The first-order valence-electron chi connectivity index (χ1n) is 24.3. The maximum absolute atomic E-state index is 15.3. The number of amides is 1. The van der Waals surface area contributed by atoms with Crippen LogP contribution in [0.2, 0.25) is 0 Å². The van der Waals surface area contributed by atoms with Crippen LogP contribution in [-0.4, -0.2) is 160 Å². The predicted molar refractivity (Wildman–Crippen MR) is 255 cm³/mol. The van der Waals surface area contributed by atoms with Gasteiger partial charge in [-0.2, -0.15) is 0 Å². The van der Waals surface area contributed by atoms with Crippen LogP contribution < -0.4 is 15.0 Å². The Labute approximate surface area is 406 Å². The third-order valence-electron chi connectivity index (χ3n) is 16.7. The molecule has 7 N–H and O–H groups in total. The first kappa shape index (κ1) is 49.2. The lowest BCUT2D eigenvalue weighted by atomic mass is 9.47. The van der Waals surface area contributed by atoms with Crippen LogP contribution in [0.5, 0.6) is 5.75 Å². The zero-order valence-corrected chi connectivity index (χ0v) is 40.6. The number of rotatable bonds is 12. The Morgan fingerprint density at radius 3 is 2.31 bits per heavy atom. The molecule has 70 heavy (non-hydrogen) atoms. The molecule has 11 atom stereocenters. The summed E-state index contributed by atoms with van der Waals surface area (Å²) in [5.74, 6) is -3.91. The van der Waals surface area contributed by atoms with Gasteiger partial charge in [0.1, 0.15) is 22.9 Å². The summed E-state index contributed by atoms with van der Waals surface area (Å²) >= 11 is 0. The summed E-state index contributed by atoms with van der Waals surface area (Å²) in [7, 11) is 5.15. The third-order valence-corrected chi connectivity index (χ3v) is 16.7. The molecule has 10 rings (SSSR count). The lowest BCUT2D eigenvalue weighted by Gasteiger charge is -2.64. The van der Waals surface area contributed by atoms with Crippen molar-refractivity contribution in [1.29, 1.82) is 0 Å². The number of nitrogens with one attached hydrogen (secondary N) is 2. The molecule has 376 valence electrons. The van der Waals surface area contributed by atoms with E-state index in [2.05, 4.69) is 87.4 Å². The fraction of sp³-hybridized carbons (Fsp3) is 0.558. The highest BCUT2D eigenvalue weighted by atomic mass is 16.6. The van der Waals surface area contributed by atoms with E-state index < -0.39 is 64.1 Å². The molecule has 7 aliphatic rings. The van der Waals surface area contributed by atoms with Crippen LogP contribution in [0.25, 0.3) is 10.9 Å². The topological polar surface area (TPSA) is 252 Å². The predicted octanol–water partition coefficient (Wildman–Crippen LogP) is 2.98. The number of esters is 2. The molecule has 18 heteroatoms. The first-order valence-corrected chi connectivity index (χ1v) is 24.3. The number of para-hydroxylation sites is 1. The Kier molecular flexibility index (Phi) is 12.7. The Morgan fingerprint density at radius 2 is 1.69 bits per heavy atom. The van der Waals surface area contributed by atoms with E-state index in [9.17, 15) is 24.3 Å². The van der Waals surface area contributed by atoms with Crippen molar-refractivity contribution in [3.63, 3.8) is 0 Å². The largest absolute Gasteiger partial charge is 0.496 e. The van der Waals surface area contributed by atoms with E-state index in [-0.39, 0.29) is 36.3 Å². The molecule has 3 aromatic rings. The molecular formula is C52H65N5O13. The van der Waals surface area contributed by atoms with Crippen LogP contribution in [0.4, 0.5) is 5.69 Å². The van der Waals surface area contributed by atoms with Crippen LogP contribution in [0.15, 0.2) is 60.2 Å². The fourth-order valence-corrected chi connectivity index (χ4v) is 13.8. The number of aliphatic carboxylic acids is 2. The van der Waals surface area contributed by atoms with Gasteiger partial charge in [-0.3, -0.25) is 24.2 Å². The number of nitrogens with zero attached hydrogens (tertiary/aromatic N) is 3. The van der Waals surface area contributed by atoms with Crippen molar-refractivity contribution in [2.75, 3.05) is 58.9 Å². The minimum Gasteiger partial charge on any atom is -0.496 e. The second-order valence-corrected chi connectivity index (χ2v) is 20.4. The second-order valence-electron chi connectivity index (χ2n) is 20.4. The van der Waals surface area contributed by atoms with Gasteiger partial charge >= 0.3 is 23.9 Å². The third kappa shape index (κ3) is 7.42. The minimum atomic E-state index is -2.27. The fourth-order valence-electron chi connectivity index (χ4n) is 13.8. The maximum Gasteiger partial charge on any atom is 0.335 e. The molecule has 3 unspecified atom stereocenters. The van der Waals surface area contributed by atoms with E-state index in [0.29, 0.717) is 31.6 Å². The number of carboxylic acids is 2. The van der Waals surface area contributed by atoms with Gasteiger partial charge in [0.15, 0.2) is 12.2 Å². The molecule has 1 amide bonds. The molecule has 2 aliphatic carbocycles. The van der Waals surface area contributed by atoms with Crippen molar-refractivity contribution in [2.45, 2.75) is 113 Å². The summed E-state index contributed by atoms with van der Waals surface area (Å²) in [4.78, 5) is 72.4. The molecular weight excluding hydrogens is 903 g/mol. The highest BCUT2D eigenvalue weighted by molar-refractivity contribution is 5.94. The maximum atomic E-state index is 15.3. The van der Waals surface area contributed by atoms with Crippen LogP contribution in [-0.2, 0) is 50.8 Å². The van der Waals surface area contributed by atoms with E-state index in [1.165, 1.54) is 19.6 Å². The number of methoxy groups -OCH3 is 2. The summed E-state index contributed by atoms with van der Waals surface area (Å²) < 4.78 is 18.8. The van der Waals surface area contributed by atoms with Gasteiger partial charge in [0, 0.05) is 96.9 Å². The number of carbonyl (C=O) groups excluding carboxylic acids is 3. The number of anilines is 1. The van der Waals surface area contributed by atoms with Gasteiger partial charge in [0.25, 0.3) is 0 Å². The zero-order chi connectivity index (χ0) is 50.2. The Bertz CT molecular complexity index is 2660. The lowest BCUT2D eigenvalue weighted by molar-refractivity contribution is -0.217. The Balaban J connectivity index is 0.000000550. The average molecular weight is 968 g/mol. The number of aliphatic hydroxyl groups is 3. The Hall–Kier alpha value is -5.79. The van der Waals surface area contributed by atoms with Crippen molar-refractivity contribution >= 4 is 46.4 Å². The summed E-state index contributed by atoms with van der Waals surface area (Å²) in [6.45, 7) is 9.50. The number of benzene rings is 2. The second kappa shape index (κ2) is 18.1. The van der Waals surface area contributed by atoms with Crippen LogP contribution in [0.3, 0.4) is 0 Å². The number of aromatic amines is 1. The highest BCUT2D eigenvalue weighted by Crippen LogP contribution is 2.68. The molecule has 2 saturated carbocycles. The van der Waals surface area contributed by atoms with Gasteiger partial charge in [-0.25, -0.2) is 9.59 Å². The van der Waals surface area contributed by atoms with E-state index in [4.69, 9.17) is 34.6 Å². The standard InChI is InChI=1S/C48H59N5O7.C4H6O6/c1-7-29-20-30-23-47(44(56)59-6,39-33(26-52(24-29)25-30)32-12-9-10-13-36(32)50-39)35-21-34-37(22-38(35)58-5)51(4)42-46(34)17-19-53-18-11-16-45(8-2,41(46)53)43(60-28(3)54)48(42,57)27-49-40(55)31-14-15-31;5-1(3(7)8)2(6)4(9)10/h9-13,16,20-22,30-31,41-43,50,57H,7-8,14-15,17-19,23-27H2,1-6H3,(H,49,55);1-2,5-6H,(H,7,8)(H,9,10)/t30-,41-,42+,43+,45+,46+,47-,48-;/m0./s1. The van der Waals surface area contributed by atoms with Gasteiger partial charge in [-0.05, 0) is 74.2 Å². The normalized spacial score (nSPS) is 32.3. The smallest absolute Gasteiger partial charge is 0.335 e. The lowest BCUT2D eigenvalue weighted by Crippen LogP contribution is -2.81. The van der Waals surface area contributed by atoms with E-state index in [0.717, 1.165) is 84.4 Å². The summed E-state index contributed by atoms with van der Waals surface area (Å²) in [6, 6.07) is 11.8. The molecule has 2 bridgehead atoms. The SMILES string of the molecule is CCC1=C[C@@H]2CN(C1)Cc1c([nH]c3ccccc13)[C@@](C(=O)OC)(c1cc3c(cc1OC)N(C)[C@H]1[C@@](O)(CNC(=O)C4CC4)[C@H](OC(C)=O)[C@]4(CC)C=CCN5CC[C@]31[C@@H]54)C2.O=C(O)C(O)C(O)C(=O)O. The number of carbonyl (C=O) groups is 5. The molecule has 18 nitrogen and oxygen atoms in total. The molecule has 5 aliphatic heterocycles. The van der Waals surface area contributed by atoms with Gasteiger partial charge in [0.05, 0.1) is 26.8 Å². The summed E-state index contributed by atoms with van der Waals surface area (Å²) in [5.41, 5.74) is 2.37. The number of H-pyrrole nitrogens is 1. The van der Waals surface area contributed by atoms with Crippen molar-refractivity contribution in [3.8, 4) is 5.75 Å². The van der Waals surface area contributed by atoms with Crippen LogP contribution in [0, 0.1) is 17.3 Å². The number of aromatic nitrogens is 1. The number of ether oxygens (including phenoxy) is 3. The number of hydrogen-bond donors (Lipinski definition) is 7. The van der Waals surface area contributed by atoms with E-state index in [1.54, 1.807) is 7.11 Å². The number of hydrogen-bond acceptors (Lipinski definition) is 14. The van der Waals surface area contributed by atoms with Gasteiger partial charge in [-0.15, -0.1) is 0 Å². The summed E-state index contributed by atoms with van der Waals surface area (Å²) in [5, 5.41) is 50.5. The van der Waals surface area contributed by atoms with Crippen molar-refractivity contribution < 1.29 is 63.7 Å². The molecule has 2 aromatic carbocycles. The average Bonchev–Trinajstić information content (AvgIpc) is 3.98. The van der Waals surface area contributed by atoms with Gasteiger partial charge in [-0.1, -0.05) is 55.8 Å². The number of likely N-dealkylation sites (N-methyl/N-ethyl adjacent to an activating group) is 1. The van der Waals surface area contributed by atoms with Crippen LogP contribution in [0.1, 0.15) is 81.7 Å². The highest BCUT2D eigenvalue weighted by Gasteiger charge is 2.78. The minimum absolute atomic E-state index is 0.0523. The molecule has 6 heterocycles. The van der Waals surface area contributed by atoms with Crippen molar-refractivity contribution in [3.05, 3.63) is 82.6 Å². The van der Waals surface area contributed by atoms with Crippen molar-refractivity contribution in [1.82, 2.24) is 20.1 Å². The number of aliphatic hydroxyl groups excluding tert-OH is 2. The molecule has 1 aromatic heterocycles. The van der Waals surface area contributed by atoms with Gasteiger partial charge < -0.3 is 54.9 Å². The van der Waals surface area contributed by atoms with Crippen LogP contribution >= 0.6 is 0 Å². The molecule has 1 spiro atoms. The van der Waals surface area contributed by atoms with Crippen molar-refractivity contribution in [2.24, 2.45) is 17.3 Å². The molecule has 0 radical (unpaired) electrons. The summed E-state index contributed by atoms with van der Waals surface area (Å²) in [6.07, 6.45) is 5.58. The quantitative estimate of drug-likeness (QED) is 0.102. The van der Waals surface area contributed by atoms with E-state index in [1.807, 2.05) is 13.1 Å².